The van der Waals surface area contributed by atoms with Crippen molar-refractivity contribution in [1.82, 2.24) is 10.3 Å². The summed E-state index contributed by atoms with van der Waals surface area (Å²) in [6.07, 6.45) is 3.92. The summed E-state index contributed by atoms with van der Waals surface area (Å²) in [6, 6.07) is 0. The normalized spacial score (nSPS) is 21.6. The van der Waals surface area contributed by atoms with E-state index in [9.17, 15) is 0 Å². The molecule has 3 nitrogen and oxygen atoms in total. The first-order valence-electron chi connectivity index (χ1n) is 4.54. The summed E-state index contributed by atoms with van der Waals surface area (Å²) in [5.74, 6) is 0. The molecule has 0 spiro atoms. The van der Waals surface area contributed by atoms with Gasteiger partial charge >= 0.3 is 0 Å². The van der Waals surface area contributed by atoms with Gasteiger partial charge in [0.25, 0.3) is 0 Å². The minimum absolute atomic E-state index is 0.0758. The molecule has 72 valence electrons. The Bertz CT molecular complexity index is 255. The Balaban J connectivity index is 2.23. The van der Waals surface area contributed by atoms with E-state index in [1.807, 2.05) is 18.6 Å². The minimum atomic E-state index is 0.0758. The van der Waals surface area contributed by atoms with Crippen molar-refractivity contribution in [2.45, 2.75) is 18.4 Å². The summed E-state index contributed by atoms with van der Waals surface area (Å²) in [4.78, 5) is 4.38. The van der Waals surface area contributed by atoms with Crippen LogP contribution in [-0.2, 0) is 10.3 Å². The molecule has 0 aromatic carbocycles. The Morgan fingerprint density at radius 2 is 2.31 bits per heavy atom. The lowest BCUT2D eigenvalue weighted by Gasteiger charge is -2.35. The van der Waals surface area contributed by atoms with Crippen LogP contribution in [0.4, 0.5) is 0 Å². The van der Waals surface area contributed by atoms with Gasteiger partial charge in [0.1, 0.15) is 5.01 Å². The highest BCUT2D eigenvalue weighted by Crippen LogP contribution is 2.32. The zero-order valence-corrected chi connectivity index (χ0v) is 8.56. The number of rotatable bonds is 2. The summed E-state index contributed by atoms with van der Waals surface area (Å²) in [5, 5.41) is 6.61. The summed E-state index contributed by atoms with van der Waals surface area (Å²) in [5.41, 5.74) is 0.0758. The van der Waals surface area contributed by atoms with E-state index in [0.717, 1.165) is 26.1 Å². The predicted molar refractivity (Wildman–Crippen MR) is 52.9 cm³/mol. The molecule has 4 heteroatoms. The molecule has 1 aromatic rings. The second-order valence-corrected chi connectivity index (χ2v) is 4.18. The molecule has 0 amide bonds. The zero-order chi connectivity index (χ0) is 9.15. The quantitative estimate of drug-likeness (QED) is 0.779. The van der Waals surface area contributed by atoms with Crippen LogP contribution >= 0.6 is 11.3 Å². The van der Waals surface area contributed by atoms with Crippen LogP contribution in [0, 0.1) is 0 Å². The Labute approximate surface area is 82.1 Å². The van der Waals surface area contributed by atoms with Crippen LogP contribution in [0.3, 0.4) is 0 Å². The van der Waals surface area contributed by atoms with E-state index < -0.39 is 0 Å². The molecule has 1 fully saturated rings. The number of hydrogen-bond donors (Lipinski definition) is 1. The number of ether oxygens (including phenoxy) is 1. The van der Waals surface area contributed by atoms with Gasteiger partial charge in [-0.2, -0.15) is 0 Å². The van der Waals surface area contributed by atoms with Gasteiger partial charge in [-0.15, -0.1) is 11.3 Å². The lowest BCUT2D eigenvalue weighted by Crippen LogP contribution is -2.44. The molecule has 0 saturated carbocycles. The van der Waals surface area contributed by atoms with E-state index in [4.69, 9.17) is 4.74 Å². The first kappa shape index (κ1) is 9.12. The summed E-state index contributed by atoms with van der Waals surface area (Å²) < 4.78 is 5.36. The molecule has 1 saturated heterocycles. The average Bonchev–Trinajstić information content (AvgIpc) is 2.72. The van der Waals surface area contributed by atoms with Gasteiger partial charge in [0.2, 0.25) is 0 Å². The third-order valence-electron chi connectivity index (χ3n) is 2.67. The molecule has 0 unspecified atom stereocenters. The maximum Gasteiger partial charge on any atom is 0.113 e. The Kier molecular flexibility index (Phi) is 2.62. The van der Waals surface area contributed by atoms with Crippen molar-refractivity contribution in [1.29, 1.82) is 0 Å². The van der Waals surface area contributed by atoms with E-state index in [0.29, 0.717) is 0 Å². The van der Waals surface area contributed by atoms with Crippen LogP contribution in [0.5, 0.6) is 0 Å². The lowest BCUT2D eigenvalue weighted by molar-refractivity contribution is 0.0397. The SMILES string of the molecule is CNC1(c2nccs2)CCOCC1. The summed E-state index contributed by atoms with van der Waals surface area (Å²) in [6.45, 7) is 1.67. The van der Waals surface area contributed by atoms with Crippen LogP contribution in [0.1, 0.15) is 17.8 Å². The van der Waals surface area contributed by atoms with Crippen molar-refractivity contribution in [3.63, 3.8) is 0 Å². The van der Waals surface area contributed by atoms with Crippen LogP contribution in [-0.4, -0.2) is 25.2 Å². The van der Waals surface area contributed by atoms with Crippen LogP contribution in [0.2, 0.25) is 0 Å². The van der Waals surface area contributed by atoms with E-state index >= 15 is 0 Å². The van der Waals surface area contributed by atoms with Crippen LogP contribution in [0.15, 0.2) is 11.6 Å². The molecular formula is C9H14N2OS. The predicted octanol–water partition coefficient (Wildman–Crippen LogP) is 1.37. The van der Waals surface area contributed by atoms with Gasteiger partial charge in [0.15, 0.2) is 0 Å². The molecule has 13 heavy (non-hydrogen) atoms. The van der Waals surface area contributed by atoms with Crippen molar-refractivity contribution in [3.8, 4) is 0 Å². The molecule has 0 bridgehead atoms. The molecule has 1 aliphatic rings. The van der Waals surface area contributed by atoms with Gasteiger partial charge in [0.05, 0.1) is 5.54 Å². The monoisotopic (exact) mass is 198 g/mol. The molecule has 1 aliphatic heterocycles. The van der Waals surface area contributed by atoms with Gasteiger partial charge < -0.3 is 10.1 Å². The highest BCUT2D eigenvalue weighted by molar-refractivity contribution is 7.09. The van der Waals surface area contributed by atoms with Gasteiger partial charge in [-0.25, -0.2) is 4.98 Å². The summed E-state index contributed by atoms with van der Waals surface area (Å²) >= 11 is 1.72. The average molecular weight is 198 g/mol. The van der Waals surface area contributed by atoms with Gasteiger partial charge in [-0.3, -0.25) is 0 Å². The minimum Gasteiger partial charge on any atom is -0.381 e. The molecule has 2 heterocycles. The highest BCUT2D eigenvalue weighted by Gasteiger charge is 2.34. The number of aromatic nitrogens is 1. The number of hydrogen-bond acceptors (Lipinski definition) is 4. The van der Waals surface area contributed by atoms with Crippen molar-refractivity contribution in [2.75, 3.05) is 20.3 Å². The maximum absolute atomic E-state index is 5.36. The van der Waals surface area contributed by atoms with Gasteiger partial charge in [-0.1, -0.05) is 0 Å². The fourth-order valence-corrected chi connectivity index (χ4v) is 2.65. The van der Waals surface area contributed by atoms with Crippen LogP contribution < -0.4 is 5.32 Å². The number of thiazole rings is 1. The van der Waals surface area contributed by atoms with Crippen molar-refractivity contribution in [2.24, 2.45) is 0 Å². The standard InChI is InChI=1S/C9H14N2OS/c1-10-9(2-5-12-6-3-9)8-11-4-7-13-8/h4,7,10H,2-3,5-6H2,1H3. The largest absolute Gasteiger partial charge is 0.381 e. The molecule has 1 N–H and O–H groups in total. The molecule has 0 radical (unpaired) electrons. The van der Waals surface area contributed by atoms with Crippen molar-refractivity contribution >= 4 is 11.3 Å². The fourth-order valence-electron chi connectivity index (χ4n) is 1.75. The second kappa shape index (κ2) is 3.74. The molecule has 2 rings (SSSR count). The lowest BCUT2D eigenvalue weighted by atomic mass is 9.91. The molecular weight excluding hydrogens is 184 g/mol. The molecule has 0 aliphatic carbocycles. The van der Waals surface area contributed by atoms with Crippen LogP contribution in [0.25, 0.3) is 0 Å². The molecule has 0 atom stereocenters. The second-order valence-electron chi connectivity index (χ2n) is 3.28. The summed E-state index contributed by atoms with van der Waals surface area (Å²) in [7, 11) is 2.01. The third kappa shape index (κ3) is 1.61. The first-order chi connectivity index (χ1) is 6.37. The smallest absolute Gasteiger partial charge is 0.113 e. The van der Waals surface area contributed by atoms with E-state index in [1.165, 1.54) is 5.01 Å². The maximum atomic E-state index is 5.36. The molecule has 1 aromatic heterocycles. The Morgan fingerprint density at radius 3 is 2.85 bits per heavy atom. The van der Waals surface area contributed by atoms with E-state index in [-0.39, 0.29) is 5.54 Å². The highest BCUT2D eigenvalue weighted by atomic mass is 32.1. The Hall–Kier alpha value is -0.450. The van der Waals surface area contributed by atoms with Crippen molar-refractivity contribution in [3.05, 3.63) is 16.6 Å². The topological polar surface area (TPSA) is 34.2 Å². The van der Waals surface area contributed by atoms with E-state index in [1.54, 1.807) is 11.3 Å². The van der Waals surface area contributed by atoms with Gasteiger partial charge in [0, 0.05) is 24.8 Å². The van der Waals surface area contributed by atoms with Gasteiger partial charge in [-0.05, 0) is 19.9 Å². The zero-order valence-electron chi connectivity index (χ0n) is 7.75. The Morgan fingerprint density at radius 1 is 1.54 bits per heavy atom. The number of nitrogens with zero attached hydrogens (tertiary/aromatic N) is 1. The third-order valence-corrected chi connectivity index (χ3v) is 3.64. The first-order valence-corrected chi connectivity index (χ1v) is 5.42. The van der Waals surface area contributed by atoms with E-state index in [2.05, 4.69) is 10.3 Å². The van der Waals surface area contributed by atoms with Crippen molar-refractivity contribution < 1.29 is 4.74 Å². The number of nitrogens with one attached hydrogen (secondary N) is 1. The fraction of sp³-hybridized carbons (Fsp3) is 0.667.